The van der Waals surface area contributed by atoms with Crippen molar-refractivity contribution in [3.8, 4) is 0 Å². The highest BCUT2D eigenvalue weighted by molar-refractivity contribution is 5.75. The first-order valence-electron chi connectivity index (χ1n) is 5.39. The molecule has 0 aliphatic carbocycles. The number of hydrogen-bond donors (Lipinski definition) is 1. The largest absolute Gasteiger partial charge is 0.383 e. The van der Waals surface area contributed by atoms with Crippen LogP contribution in [0.5, 0.6) is 0 Å². The van der Waals surface area contributed by atoms with E-state index in [2.05, 4.69) is 5.32 Å². The predicted octanol–water partition coefficient (Wildman–Crippen LogP) is 1.85. The lowest BCUT2D eigenvalue weighted by Gasteiger charge is -2.31. The van der Waals surface area contributed by atoms with Gasteiger partial charge in [-0.15, -0.1) is 0 Å². The summed E-state index contributed by atoms with van der Waals surface area (Å²) in [5.41, 5.74) is -0.197. The normalized spacial score (nSPS) is 13.5. The van der Waals surface area contributed by atoms with E-state index in [0.717, 1.165) is 0 Å². The summed E-state index contributed by atoms with van der Waals surface area (Å²) in [6.45, 7) is 11.1. The van der Waals surface area contributed by atoms with Crippen LogP contribution in [0, 0.1) is 0 Å². The number of rotatable bonds is 4. The average molecular weight is 216 g/mol. The summed E-state index contributed by atoms with van der Waals surface area (Å²) in [4.78, 5) is 13.6. The van der Waals surface area contributed by atoms with E-state index in [4.69, 9.17) is 4.74 Å². The third kappa shape index (κ3) is 5.62. The SMILES string of the molecule is CCN(C(=O)NC(C)(C)C)C(C)COC. The summed E-state index contributed by atoms with van der Waals surface area (Å²) in [7, 11) is 1.64. The Morgan fingerprint density at radius 2 is 2.00 bits per heavy atom. The summed E-state index contributed by atoms with van der Waals surface area (Å²) in [6.07, 6.45) is 0. The molecule has 0 aromatic rings. The molecule has 0 heterocycles. The number of nitrogens with zero attached hydrogens (tertiary/aromatic N) is 1. The molecule has 1 unspecified atom stereocenters. The van der Waals surface area contributed by atoms with Crippen molar-refractivity contribution >= 4 is 6.03 Å². The van der Waals surface area contributed by atoms with Crippen molar-refractivity contribution < 1.29 is 9.53 Å². The Kier molecular flexibility index (Phi) is 5.65. The van der Waals surface area contributed by atoms with E-state index in [1.807, 2.05) is 34.6 Å². The summed E-state index contributed by atoms with van der Waals surface area (Å²) in [6, 6.07) is 0.0666. The quantitative estimate of drug-likeness (QED) is 0.779. The van der Waals surface area contributed by atoms with Crippen LogP contribution in [0.2, 0.25) is 0 Å². The number of nitrogens with one attached hydrogen (secondary N) is 1. The fourth-order valence-electron chi connectivity index (χ4n) is 1.38. The van der Waals surface area contributed by atoms with Crippen molar-refractivity contribution in [3.05, 3.63) is 0 Å². The molecule has 90 valence electrons. The minimum Gasteiger partial charge on any atom is -0.383 e. The first-order valence-corrected chi connectivity index (χ1v) is 5.39. The third-order valence-corrected chi connectivity index (χ3v) is 2.02. The highest BCUT2D eigenvalue weighted by Crippen LogP contribution is 2.04. The predicted molar refractivity (Wildman–Crippen MR) is 62.0 cm³/mol. The van der Waals surface area contributed by atoms with Gasteiger partial charge in [-0.3, -0.25) is 0 Å². The Morgan fingerprint density at radius 1 is 1.47 bits per heavy atom. The van der Waals surface area contributed by atoms with Crippen molar-refractivity contribution in [1.29, 1.82) is 0 Å². The molecular formula is C11H24N2O2. The standard InChI is InChI=1S/C11H24N2O2/c1-7-13(9(2)8-15-6)10(14)12-11(3,4)5/h9H,7-8H2,1-6H3,(H,12,14). The van der Waals surface area contributed by atoms with Crippen molar-refractivity contribution in [2.45, 2.75) is 46.2 Å². The van der Waals surface area contributed by atoms with E-state index >= 15 is 0 Å². The summed E-state index contributed by atoms with van der Waals surface area (Å²) >= 11 is 0. The van der Waals surface area contributed by atoms with Gasteiger partial charge in [0.1, 0.15) is 0 Å². The van der Waals surface area contributed by atoms with Crippen LogP contribution in [0.4, 0.5) is 4.79 Å². The van der Waals surface area contributed by atoms with Gasteiger partial charge >= 0.3 is 6.03 Å². The second-order valence-corrected chi connectivity index (χ2v) is 4.77. The minimum atomic E-state index is -0.197. The second-order valence-electron chi connectivity index (χ2n) is 4.77. The molecule has 0 saturated heterocycles. The highest BCUT2D eigenvalue weighted by atomic mass is 16.5. The summed E-state index contributed by atoms with van der Waals surface area (Å²) in [5.74, 6) is 0. The lowest BCUT2D eigenvalue weighted by Crippen LogP contribution is -2.52. The number of carbonyl (C=O) groups excluding carboxylic acids is 1. The zero-order valence-corrected chi connectivity index (χ0v) is 10.8. The monoisotopic (exact) mass is 216 g/mol. The van der Waals surface area contributed by atoms with Crippen LogP contribution >= 0.6 is 0 Å². The Bertz CT molecular complexity index is 199. The van der Waals surface area contributed by atoms with Crippen molar-refractivity contribution in [2.75, 3.05) is 20.3 Å². The third-order valence-electron chi connectivity index (χ3n) is 2.02. The smallest absolute Gasteiger partial charge is 0.318 e. The molecule has 0 fully saturated rings. The minimum absolute atomic E-state index is 0.0328. The van der Waals surface area contributed by atoms with Crippen LogP contribution in [-0.4, -0.2) is 42.8 Å². The number of methoxy groups -OCH3 is 1. The van der Waals surface area contributed by atoms with Crippen LogP contribution in [0.15, 0.2) is 0 Å². The van der Waals surface area contributed by atoms with Gasteiger partial charge in [-0.25, -0.2) is 4.79 Å². The number of likely N-dealkylation sites (N-methyl/N-ethyl adjacent to an activating group) is 1. The van der Waals surface area contributed by atoms with Gasteiger partial charge in [0.25, 0.3) is 0 Å². The zero-order chi connectivity index (χ0) is 12.1. The van der Waals surface area contributed by atoms with E-state index < -0.39 is 0 Å². The molecular weight excluding hydrogens is 192 g/mol. The van der Waals surface area contributed by atoms with Gasteiger partial charge in [-0.2, -0.15) is 0 Å². The molecule has 0 radical (unpaired) electrons. The molecule has 4 nitrogen and oxygen atoms in total. The molecule has 0 aromatic carbocycles. The Labute approximate surface area is 93.0 Å². The van der Waals surface area contributed by atoms with Crippen LogP contribution < -0.4 is 5.32 Å². The summed E-state index contributed by atoms with van der Waals surface area (Å²) in [5, 5.41) is 2.94. The van der Waals surface area contributed by atoms with Crippen molar-refractivity contribution in [1.82, 2.24) is 10.2 Å². The number of ether oxygens (including phenoxy) is 1. The first-order chi connectivity index (χ1) is 6.81. The molecule has 0 aromatic heterocycles. The van der Waals surface area contributed by atoms with Gasteiger partial charge in [-0.1, -0.05) is 0 Å². The molecule has 0 aliphatic rings. The van der Waals surface area contributed by atoms with Crippen molar-refractivity contribution in [2.24, 2.45) is 0 Å². The van der Waals surface area contributed by atoms with Crippen LogP contribution in [0.3, 0.4) is 0 Å². The van der Waals surface area contributed by atoms with Gasteiger partial charge in [0.05, 0.1) is 12.6 Å². The Balaban J connectivity index is 4.34. The van der Waals surface area contributed by atoms with Gasteiger partial charge in [0.2, 0.25) is 0 Å². The maximum atomic E-state index is 11.9. The Hall–Kier alpha value is -0.770. The summed E-state index contributed by atoms with van der Waals surface area (Å²) < 4.78 is 5.05. The topological polar surface area (TPSA) is 41.6 Å². The van der Waals surface area contributed by atoms with E-state index in [0.29, 0.717) is 13.2 Å². The van der Waals surface area contributed by atoms with Gasteiger partial charge in [0, 0.05) is 19.2 Å². The fraction of sp³-hybridized carbons (Fsp3) is 0.909. The van der Waals surface area contributed by atoms with E-state index in [-0.39, 0.29) is 17.6 Å². The number of amides is 2. The molecule has 0 aliphatic heterocycles. The number of urea groups is 1. The highest BCUT2D eigenvalue weighted by Gasteiger charge is 2.22. The lowest BCUT2D eigenvalue weighted by atomic mass is 10.1. The second kappa shape index (κ2) is 5.95. The van der Waals surface area contributed by atoms with E-state index in [1.54, 1.807) is 12.0 Å². The van der Waals surface area contributed by atoms with Gasteiger partial charge < -0.3 is 15.0 Å². The first kappa shape index (κ1) is 14.2. The molecule has 4 heteroatoms. The van der Waals surface area contributed by atoms with Crippen molar-refractivity contribution in [3.63, 3.8) is 0 Å². The number of hydrogen-bond acceptors (Lipinski definition) is 2. The van der Waals surface area contributed by atoms with Gasteiger partial charge in [0.15, 0.2) is 0 Å². The molecule has 15 heavy (non-hydrogen) atoms. The maximum absolute atomic E-state index is 11.9. The van der Waals surface area contributed by atoms with E-state index in [9.17, 15) is 4.79 Å². The average Bonchev–Trinajstić information content (AvgIpc) is 2.02. The molecule has 2 amide bonds. The molecule has 0 saturated carbocycles. The zero-order valence-electron chi connectivity index (χ0n) is 10.8. The van der Waals surface area contributed by atoms with Crippen LogP contribution in [0.25, 0.3) is 0 Å². The van der Waals surface area contributed by atoms with E-state index in [1.165, 1.54) is 0 Å². The van der Waals surface area contributed by atoms with Crippen LogP contribution in [-0.2, 0) is 4.74 Å². The molecule has 0 bridgehead atoms. The molecule has 1 N–H and O–H groups in total. The molecule has 0 rings (SSSR count). The lowest BCUT2D eigenvalue weighted by molar-refractivity contribution is 0.111. The van der Waals surface area contributed by atoms with Crippen LogP contribution in [0.1, 0.15) is 34.6 Å². The molecule has 1 atom stereocenters. The molecule has 0 spiro atoms. The Morgan fingerprint density at radius 3 is 2.33 bits per heavy atom. The van der Waals surface area contributed by atoms with Gasteiger partial charge in [-0.05, 0) is 34.6 Å². The fourth-order valence-corrected chi connectivity index (χ4v) is 1.38. The number of carbonyl (C=O) groups is 1. The maximum Gasteiger partial charge on any atom is 0.318 e.